The van der Waals surface area contributed by atoms with E-state index in [0.717, 1.165) is 33.5 Å². The number of nitrogens with zero attached hydrogens (tertiary/aromatic N) is 1. The van der Waals surface area contributed by atoms with Crippen molar-refractivity contribution in [3.63, 3.8) is 0 Å². The van der Waals surface area contributed by atoms with E-state index in [4.69, 9.17) is 4.98 Å². The van der Waals surface area contributed by atoms with Crippen molar-refractivity contribution < 1.29 is 4.39 Å². The molecule has 0 fully saturated rings. The van der Waals surface area contributed by atoms with E-state index in [-0.39, 0.29) is 5.82 Å². The Morgan fingerprint density at radius 3 is 1.80 bits per heavy atom. The number of benzene rings is 3. The van der Waals surface area contributed by atoms with Crippen LogP contribution in [0.15, 0.2) is 97.2 Å². The fourth-order valence-corrected chi connectivity index (χ4v) is 2.93. The van der Waals surface area contributed by atoms with Crippen molar-refractivity contribution in [2.45, 2.75) is 0 Å². The maximum atomic E-state index is 13.3. The Balaban J connectivity index is 1.91. The van der Waals surface area contributed by atoms with E-state index in [1.165, 1.54) is 12.1 Å². The highest BCUT2D eigenvalue weighted by Crippen LogP contribution is 2.33. The minimum atomic E-state index is -0.245. The van der Waals surface area contributed by atoms with Gasteiger partial charge in [0.1, 0.15) is 5.82 Å². The van der Waals surface area contributed by atoms with Gasteiger partial charge in [-0.2, -0.15) is 0 Å². The lowest BCUT2D eigenvalue weighted by Crippen LogP contribution is -1.91. The second-order valence-corrected chi connectivity index (χ2v) is 5.86. The average molecular weight is 325 g/mol. The fourth-order valence-electron chi connectivity index (χ4n) is 2.93. The molecule has 120 valence electrons. The Kier molecular flexibility index (Phi) is 4.09. The van der Waals surface area contributed by atoms with Gasteiger partial charge in [-0.15, -0.1) is 0 Å². The summed E-state index contributed by atoms with van der Waals surface area (Å²) in [6.45, 7) is 0. The smallest absolute Gasteiger partial charge is 0.123 e. The van der Waals surface area contributed by atoms with Crippen LogP contribution in [0.4, 0.5) is 4.39 Å². The van der Waals surface area contributed by atoms with Gasteiger partial charge < -0.3 is 0 Å². The van der Waals surface area contributed by atoms with E-state index >= 15 is 0 Å². The molecule has 0 saturated heterocycles. The predicted molar refractivity (Wildman–Crippen MR) is 101 cm³/mol. The van der Waals surface area contributed by atoms with E-state index < -0.39 is 0 Å². The molecule has 0 atom stereocenters. The third-order valence-electron chi connectivity index (χ3n) is 4.20. The van der Waals surface area contributed by atoms with Crippen LogP contribution in [0.1, 0.15) is 0 Å². The zero-order valence-corrected chi connectivity index (χ0v) is 13.6. The van der Waals surface area contributed by atoms with Crippen molar-refractivity contribution >= 4 is 0 Å². The van der Waals surface area contributed by atoms with E-state index in [2.05, 4.69) is 30.3 Å². The molecule has 0 saturated carbocycles. The lowest BCUT2D eigenvalue weighted by molar-refractivity contribution is 0.628. The summed E-state index contributed by atoms with van der Waals surface area (Å²) < 4.78 is 13.3. The summed E-state index contributed by atoms with van der Waals surface area (Å²) in [6, 6.07) is 29.0. The average Bonchev–Trinajstić information content (AvgIpc) is 2.70. The zero-order chi connectivity index (χ0) is 17.1. The van der Waals surface area contributed by atoms with Crippen LogP contribution in [-0.4, -0.2) is 4.98 Å². The molecule has 1 heterocycles. The Hall–Kier alpha value is -3.26. The van der Waals surface area contributed by atoms with Gasteiger partial charge in [-0.3, -0.25) is 4.98 Å². The van der Waals surface area contributed by atoms with Gasteiger partial charge in [0.25, 0.3) is 0 Å². The maximum absolute atomic E-state index is 13.3. The van der Waals surface area contributed by atoms with E-state index in [9.17, 15) is 4.39 Å². The molecular weight excluding hydrogens is 309 g/mol. The summed E-state index contributed by atoms with van der Waals surface area (Å²) in [5, 5.41) is 0. The number of hydrogen-bond acceptors (Lipinski definition) is 1. The van der Waals surface area contributed by atoms with Gasteiger partial charge in [0.15, 0.2) is 0 Å². The summed E-state index contributed by atoms with van der Waals surface area (Å²) in [7, 11) is 0. The normalized spacial score (nSPS) is 10.6. The molecule has 0 unspecified atom stereocenters. The molecule has 1 aromatic heterocycles. The van der Waals surface area contributed by atoms with Crippen LogP contribution in [0.3, 0.4) is 0 Å². The van der Waals surface area contributed by atoms with Crippen molar-refractivity contribution in [2.75, 3.05) is 0 Å². The molecule has 0 aliphatic rings. The molecule has 3 aromatic carbocycles. The standard InChI is InChI=1S/C23H16FN/c24-21-13-11-19(12-14-21)23-22(18-9-5-2-6-10-18)15-20(16-25-23)17-7-3-1-4-8-17/h1-16H. The molecule has 0 bridgehead atoms. The van der Waals surface area contributed by atoms with Crippen molar-refractivity contribution in [3.8, 4) is 33.5 Å². The van der Waals surface area contributed by atoms with Gasteiger partial charge in [-0.25, -0.2) is 4.39 Å². The number of aromatic nitrogens is 1. The molecular formula is C23H16FN. The van der Waals surface area contributed by atoms with Crippen LogP contribution < -0.4 is 0 Å². The van der Waals surface area contributed by atoms with Crippen LogP contribution in [0.5, 0.6) is 0 Å². The highest BCUT2D eigenvalue weighted by atomic mass is 19.1. The first-order valence-corrected chi connectivity index (χ1v) is 8.18. The molecule has 2 heteroatoms. The van der Waals surface area contributed by atoms with E-state index in [1.54, 1.807) is 12.1 Å². The van der Waals surface area contributed by atoms with Gasteiger partial charge in [0, 0.05) is 22.9 Å². The van der Waals surface area contributed by atoms with E-state index in [1.807, 2.05) is 42.6 Å². The van der Waals surface area contributed by atoms with Gasteiger partial charge >= 0.3 is 0 Å². The largest absolute Gasteiger partial charge is 0.255 e. The third kappa shape index (κ3) is 3.20. The van der Waals surface area contributed by atoms with Crippen molar-refractivity contribution in [2.24, 2.45) is 0 Å². The minimum Gasteiger partial charge on any atom is -0.255 e. The lowest BCUT2D eigenvalue weighted by Gasteiger charge is -2.12. The molecule has 0 aliphatic heterocycles. The first-order valence-electron chi connectivity index (χ1n) is 8.18. The van der Waals surface area contributed by atoms with Crippen molar-refractivity contribution in [1.82, 2.24) is 4.98 Å². The fraction of sp³-hybridized carbons (Fsp3) is 0. The Labute approximate surface area is 146 Å². The summed E-state index contributed by atoms with van der Waals surface area (Å²) in [4.78, 5) is 4.71. The summed E-state index contributed by atoms with van der Waals surface area (Å²) in [5.74, 6) is -0.245. The summed E-state index contributed by atoms with van der Waals surface area (Å²) in [6.07, 6.45) is 1.88. The van der Waals surface area contributed by atoms with Gasteiger partial charge in [0.05, 0.1) is 5.69 Å². The van der Waals surface area contributed by atoms with Crippen LogP contribution >= 0.6 is 0 Å². The van der Waals surface area contributed by atoms with Crippen molar-refractivity contribution in [3.05, 3.63) is 103 Å². The van der Waals surface area contributed by atoms with Crippen molar-refractivity contribution in [1.29, 1.82) is 0 Å². The number of rotatable bonds is 3. The number of pyridine rings is 1. The SMILES string of the molecule is Fc1ccc(-c2ncc(-c3ccccc3)cc2-c2ccccc2)cc1. The zero-order valence-electron chi connectivity index (χ0n) is 13.6. The van der Waals surface area contributed by atoms with Crippen LogP contribution in [0.25, 0.3) is 33.5 Å². The molecule has 0 spiro atoms. The summed E-state index contributed by atoms with van der Waals surface area (Å²) in [5.41, 5.74) is 6.06. The first kappa shape index (κ1) is 15.3. The topological polar surface area (TPSA) is 12.9 Å². The summed E-state index contributed by atoms with van der Waals surface area (Å²) >= 11 is 0. The third-order valence-corrected chi connectivity index (χ3v) is 4.20. The molecule has 4 rings (SSSR count). The molecule has 1 nitrogen and oxygen atoms in total. The van der Waals surface area contributed by atoms with Gasteiger partial charge in [-0.1, -0.05) is 60.7 Å². The molecule has 0 radical (unpaired) electrons. The second kappa shape index (κ2) is 6.70. The molecule has 4 aromatic rings. The Bertz CT molecular complexity index is 977. The first-order chi connectivity index (χ1) is 12.3. The van der Waals surface area contributed by atoms with E-state index in [0.29, 0.717) is 0 Å². The number of hydrogen-bond donors (Lipinski definition) is 0. The second-order valence-electron chi connectivity index (χ2n) is 5.86. The van der Waals surface area contributed by atoms with Crippen LogP contribution in [-0.2, 0) is 0 Å². The van der Waals surface area contributed by atoms with Crippen LogP contribution in [0, 0.1) is 5.82 Å². The highest BCUT2D eigenvalue weighted by molar-refractivity contribution is 5.84. The van der Waals surface area contributed by atoms with Gasteiger partial charge in [-0.05, 0) is 41.5 Å². The molecule has 0 amide bonds. The molecule has 0 aliphatic carbocycles. The van der Waals surface area contributed by atoms with Crippen LogP contribution in [0.2, 0.25) is 0 Å². The number of halogens is 1. The Morgan fingerprint density at radius 1 is 0.560 bits per heavy atom. The predicted octanol–water partition coefficient (Wildman–Crippen LogP) is 6.22. The molecule has 0 N–H and O–H groups in total. The van der Waals surface area contributed by atoms with Gasteiger partial charge in [0.2, 0.25) is 0 Å². The molecule has 25 heavy (non-hydrogen) atoms. The maximum Gasteiger partial charge on any atom is 0.123 e. The lowest BCUT2D eigenvalue weighted by atomic mass is 9.96. The minimum absolute atomic E-state index is 0.245. The highest BCUT2D eigenvalue weighted by Gasteiger charge is 2.11. The monoisotopic (exact) mass is 325 g/mol. The quantitative estimate of drug-likeness (QED) is 0.435. The Morgan fingerprint density at radius 2 is 1.16 bits per heavy atom.